The summed E-state index contributed by atoms with van der Waals surface area (Å²) in [4.78, 5) is 12.1. The standard InChI is InChI=1S/C4H4F3NOS/c1-10-3(8-2-9)4(5,6)7/h2H,1H3/b8-3-. The topological polar surface area (TPSA) is 29.4 Å². The van der Waals surface area contributed by atoms with Gasteiger partial charge < -0.3 is 0 Å². The Morgan fingerprint density at radius 3 is 2.20 bits per heavy atom. The van der Waals surface area contributed by atoms with Crippen LogP contribution in [0.15, 0.2) is 4.99 Å². The number of alkyl halides is 3. The average molecular weight is 171 g/mol. The van der Waals surface area contributed by atoms with Gasteiger partial charge in [-0.25, -0.2) is 4.99 Å². The third kappa shape index (κ3) is 2.86. The molecule has 2 nitrogen and oxygen atoms in total. The molecule has 0 heterocycles. The van der Waals surface area contributed by atoms with E-state index in [2.05, 4.69) is 4.99 Å². The fraction of sp³-hybridized carbons (Fsp3) is 0.500. The molecule has 0 aromatic carbocycles. The predicted octanol–water partition coefficient (Wildman–Crippen LogP) is 1.47. The quantitative estimate of drug-likeness (QED) is 0.339. The molecule has 0 unspecified atom stereocenters. The zero-order chi connectivity index (χ0) is 8.20. The molecular formula is C4H4F3NOS. The highest BCUT2D eigenvalue weighted by Gasteiger charge is 2.34. The second kappa shape index (κ2) is 3.60. The molecule has 6 heteroatoms. The summed E-state index contributed by atoms with van der Waals surface area (Å²) in [7, 11) is 0. The van der Waals surface area contributed by atoms with E-state index in [-0.39, 0.29) is 6.41 Å². The smallest absolute Gasteiger partial charge is 0.276 e. The highest BCUT2D eigenvalue weighted by Crippen LogP contribution is 2.22. The van der Waals surface area contributed by atoms with Gasteiger partial charge in [0.25, 0.3) is 0 Å². The molecule has 0 aliphatic heterocycles. The Bertz CT molecular complexity index is 153. The minimum Gasteiger partial charge on any atom is -0.276 e. The van der Waals surface area contributed by atoms with Crippen LogP contribution < -0.4 is 0 Å². The number of aliphatic imine (C=N–C) groups is 1. The van der Waals surface area contributed by atoms with Crippen molar-refractivity contribution >= 4 is 23.2 Å². The number of carbonyl (C=O) groups is 1. The molecule has 0 fully saturated rings. The van der Waals surface area contributed by atoms with Gasteiger partial charge >= 0.3 is 6.18 Å². The normalized spacial score (nSPS) is 13.4. The number of nitrogens with zero attached hydrogens (tertiary/aromatic N) is 1. The minimum atomic E-state index is -4.50. The molecule has 0 aromatic heterocycles. The Hall–Kier alpha value is -0.520. The number of carbonyl (C=O) groups excluding carboxylic acids is 1. The van der Waals surface area contributed by atoms with Crippen molar-refractivity contribution in [2.45, 2.75) is 6.18 Å². The van der Waals surface area contributed by atoms with Gasteiger partial charge in [0.05, 0.1) is 0 Å². The lowest BCUT2D eigenvalue weighted by atomic mass is 10.7. The molecule has 10 heavy (non-hydrogen) atoms. The van der Waals surface area contributed by atoms with Crippen molar-refractivity contribution < 1.29 is 18.0 Å². The van der Waals surface area contributed by atoms with Crippen LogP contribution >= 0.6 is 11.8 Å². The van der Waals surface area contributed by atoms with Crippen molar-refractivity contribution in [3.8, 4) is 0 Å². The van der Waals surface area contributed by atoms with Gasteiger partial charge in [-0.3, -0.25) is 4.79 Å². The predicted molar refractivity (Wildman–Crippen MR) is 33.1 cm³/mol. The number of halogens is 3. The molecular weight excluding hydrogens is 167 g/mol. The summed E-state index contributed by atoms with van der Waals surface area (Å²) in [5.41, 5.74) is 0. The van der Waals surface area contributed by atoms with Gasteiger partial charge in [-0.1, -0.05) is 0 Å². The van der Waals surface area contributed by atoms with E-state index in [1.165, 1.54) is 6.26 Å². The Kier molecular flexibility index (Phi) is 3.41. The van der Waals surface area contributed by atoms with Crippen LogP contribution in [-0.2, 0) is 4.79 Å². The molecule has 58 valence electrons. The summed E-state index contributed by atoms with van der Waals surface area (Å²) in [6, 6.07) is 0. The van der Waals surface area contributed by atoms with Crippen LogP contribution in [0, 0.1) is 0 Å². The Morgan fingerprint density at radius 1 is 1.60 bits per heavy atom. The van der Waals surface area contributed by atoms with Crippen LogP contribution in [0.5, 0.6) is 0 Å². The molecule has 0 saturated carbocycles. The van der Waals surface area contributed by atoms with Crippen molar-refractivity contribution in [2.75, 3.05) is 6.26 Å². The Morgan fingerprint density at radius 2 is 2.10 bits per heavy atom. The molecule has 0 rings (SSSR count). The second-order valence-electron chi connectivity index (χ2n) is 1.24. The summed E-state index contributed by atoms with van der Waals surface area (Å²) in [6.07, 6.45) is -3.42. The van der Waals surface area contributed by atoms with Crippen molar-refractivity contribution in [1.29, 1.82) is 0 Å². The number of hydrogen-bond acceptors (Lipinski definition) is 2. The SMILES string of the molecule is CS/C(=N\C=O)C(F)(F)F. The second-order valence-corrected chi connectivity index (χ2v) is 2.04. The molecule has 0 bridgehead atoms. The fourth-order valence-electron chi connectivity index (χ4n) is 0.289. The Balaban J connectivity index is 4.35. The molecule has 0 saturated heterocycles. The van der Waals surface area contributed by atoms with Crippen molar-refractivity contribution in [1.82, 2.24) is 0 Å². The lowest BCUT2D eigenvalue weighted by Gasteiger charge is -2.04. The highest BCUT2D eigenvalue weighted by atomic mass is 32.2. The zero-order valence-corrected chi connectivity index (χ0v) is 5.79. The summed E-state index contributed by atoms with van der Waals surface area (Å²) < 4.78 is 34.8. The van der Waals surface area contributed by atoms with E-state index in [1.807, 2.05) is 0 Å². The monoisotopic (exact) mass is 171 g/mol. The first kappa shape index (κ1) is 9.48. The van der Waals surface area contributed by atoms with Crippen LogP contribution in [0.4, 0.5) is 13.2 Å². The van der Waals surface area contributed by atoms with Crippen molar-refractivity contribution in [3.05, 3.63) is 0 Å². The first-order valence-corrected chi connectivity index (χ1v) is 3.37. The first-order chi connectivity index (χ1) is 4.52. The number of thioether (sulfide) groups is 1. The van der Waals surface area contributed by atoms with E-state index < -0.39 is 11.2 Å². The van der Waals surface area contributed by atoms with Gasteiger partial charge in [-0.2, -0.15) is 13.2 Å². The summed E-state index contributed by atoms with van der Waals surface area (Å²) in [6.45, 7) is 0. The van der Waals surface area contributed by atoms with Crippen LogP contribution in [0.2, 0.25) is 0 Å². The van der Waals surface area contributed by atoms with E-state index in [0.717, 1.165) is 0 Å². The fourth-order valence-corrected chi connectivity index (χ4v) is 0.669. The number of rotatable bonds is 1. The van der Waals surface area contributed by atoms with Gasteiger partial charge in [-0.15, -0.1) is 11.8 Å². The van der Waals surface area contributed by atoms with E-state index in [4.69, 9.17) is 0 Å². The lowest BCUT2D eigenvalue weighted by Crippen LogP contribution is -2.19. The maximum Gasteiger partial charge on any atom is 0.439 e. The van der Waals surface area contributed by atoms with Crippen molar-refractivity contribution in [2.24, 2.45) is 4.99 Å². The van der Waals surface area contributed by atoms with E-state index in [0.29, 0.717) is 11.8 Å². The third-order valence-corrected chi connectivity index (χ3v) is 1.33. The largest absolute Gasteiger partial charge is 0.439 e. The van der Waals surface area contributed by atoms with Gasteiger partial charge in [-0.05, 0) is 6.26 Å². The molecule has 0 atom stereocenters. The minimum absolute atomic E-state index is 0.126. The van der Waals surface area contributed by atoms with E-state index in [1.54, 1.807) is 0 Å². The molecule has 0 aromatic rings. The molecule has 0 spiro atoms. The number of hydrogen-bond donors (Lipinski definition) is 0. The maximum atomic E-state index is 11.6. The van der Waals surface area contributed by atoms with Gasteiger partial charge in [0.15, 0.2) is 5.04 Å². The maximum absolute atomic E-state index is 11.6. The van der Waals surface area contributed by atoms with Crippen LogP contribution in [0.1, 0.15) is 0 Å². The Labute approximate surface area is 59.5 Å². The highest BCUT2D eigenvalue weighted by molar-refractivity contribution is 8.13. The van der Waals surface area contributed by atoms with Crippen molar-refractivity contribution in [3.63, 3.8) is 0 Å². The zero-order valence-electron chi connectivity index (χ0n) is 4.97. The van der Waals surface area contributed by atoms with Gasteiger partial charge in [0.1, 0.15) is 0 Å². The number of amides is 1. The van der Waals surface area contributed by atoms with Crippen LogP contribution in [-0.4, -0.2) is 23.9 Å². The van der Waals surface area contributed by atoms with E-state index >= 15 is 0 Å². The average Bonchev–Trinajstić information content (AvgIpc) is 1.80. The molecule has 0 radical (unpaired) electrons. The first-order valence-electron chi connectivity index (χ1n) is 2.15. The summed E-state index contributed by atoms with van der Waals surface area (Å²) in [5.74, 6) is 0. The summed E-state index contributed by atoms with van der Waals surface area (Å²) >= 11 is 0.395. The van der Waals surface area contributed by atoms with Gasteiger partial charge in [0, 0.05) is 0 Å². The third-order valence-electron chi connectivity index (χ3n) is 0.606. The lowest BCUT2D eigenvalue weighted by molar-refractivity contribution is -0.107. The van der Waals surface area contributed by atoms with Crippen LogP contribution in [0.25, 0.3) is 0 Å². The van der Waals surface area contributed by atoms with Gasteiger partial charge in [0.2, 0.25) is 6.41 Å². The summed E-state index contributed by atoms with van der Waals surface area (Å²) in [5, 5.41) is -1.12. The molecule has 1 amide bonds. The molecule has 0 N–H and O–H groups in total. The molecule has 0 aliphatic carbocycles. The van der Waals surface area contributed by atoms with E-state index in [9.17, 15) is 18.0 Å². The van der Waals surface area contributed by atoms with Crippen LogP contribution in [0.3, 0.4) is 0 Å². The molecule has 0 aliphatic rings.